The van der Waals surface area contributed by atoms with Crippen molar-refractivity contribution >= 4 is 43.6 Å². The lowest BCUT2D eigenvalue weighted by Gasteiger charge is -2.33. The van der Waals surface area contributed by atoms with Crippen LogP contribution in [-0.2, 0) is 14.8 Å². The van der Waals surface area contributed by atoms with Crippen molar-refractivity contribution in [2.45, 2.75) is 31.7 Å². The number of thiazole rings is 1. The number of amides is 1. The molecule has 1 fully saturated rings. The van der Waals surface area contributed by atoms with Crippen LogP contribution >= 0.6 is 11.3 Å². The Morgan fingerprint density at radius 3 is 2.33 bits per heavy atom. The molecule has 9 heteroatoms. The van der Waals surface area contributed by atoms with Crippen LogP contribution in [0.1, 0.15) is 31.0 Å². The number of aryl methyl sites for hydroxylation is 1. The van der Waals surface area contributed by atoms with Crippen LogP contribution in [0, 0.1) is 6.92 Å². The van der Waals surface area contributed by atoms with E-state index < -0.39 is 10.0 Å². The Hall–Kier alpha value is -2.75. The molecule has 0 bridgehead atoms. The zero-order valence-corrected chi connectivity index (χ0v) is 20.5. The predicted octanol–water partition coefficient (Wildman–Crippen LogP) is 3.50. The average Bonchev–Trinajstić information content (AvgIpc) is 3.13. The second-order valence-electron chi connectivity index (χ2n) is 8.43. The van der Waals surface area contributed by atoms with Gasteiger partial charge in [-0.2, -0.15) is 4.31 Å². The summed E-state index contributed by atoms with van der Waals surface area (Å²) in [5.41, 5.74) is 2.84. The Labute approximate surface area is 197 Å². The minimum absolute atomic E-state index is 0.000575. The second kappa shape index (κ2) is 9.24. The van der Waals surface area contributed by atoms with Crippen molar-refractivity contribution in [3.05, 3.63) is 69.3 Å². The molecule has 1 amide bonds. The molecule has 0 aliphatic carbocycles. The van der Waals surface area contributed by atoms with Crippen LogP contribution < -0.4 is 4.87 Å². The fraction of sp³-hybridized carbons (Fsp3) is 0.333. The van der Waals surface area contributed by atoms with Crippen LogP contribution in [0.5, 0.6) is 0 Å². The Balaban J connectivity index is 1.45. The van der Waals surface area contributed by atoms with Crippen LogP contribution in [0.25, 0.3) is 16.3 Å². The molecular weight excluding hydrogens is 458 g/mol. The Kier molecular flexibility index (Phi) is 6.56. The molecule has 0 saturated carbocycles. The number of carbonyl (C=O) groups excluding carboxylic acids is 1. The molecule has 1 aliphatic rings. The molecule has 174 valence electrons. The Morgan fingerprint density at radius 2 is 1.70 bits per heavy atom. The van der Waals surface area contributed by atoms with E-state index in [1.54, 1.807) is 33.7 Å². The summed E-state index contributed by atoms with van der Waals surface area (Å²) in [6.45, 7) is 6.98. The van der Waals surface area contributed by atoms with Gasteiger partial charge in [0.15, 0.2) is 0 Å². The number of benzene rings is 2. The second-order valence-corrected chi connectivity index (χ2v) is 11.4. The number of rotatable bonds is 5. The molecule has 7 nitrogen and oxygen atoms in total. The van der Waals surface area contributed by atoms with E-state index >= 15 is 0 Å². The van der Waals surface area contributed by atoms with Gasteiger partial charge in [-0.15, -0.1) is 0 Å². The molecule has 0 radical (unpaired) electrons. The number of fused-ring (bicyclic) bond motifs is 1. The monoisotopic (exact) mass is 485 g/mol. The SMILES string of the molecule is Cc1ccc(/C=C/C(=O)N2CCN(S(=O)(=O)c3ccc4c(c3)sc(=O)n4C(C)C)CC2)cc1. The van der Waals surface area contributed by atoms with E-state index in [2.05, 4.69) is 0 Å². The maximum Gasteiger partial charge on any atom is 0.308 e. The number of carbonyl (C=O) groups is 1. The highest BCUT2D eigenvalue weighted by atomic mass is 32.2. The predicted molar refractivity (Wildman–Crippen MR) is 132 cm³/mol. The van der Waals surface area contributed by atoms with Crippen molar-refractivity contribution in [3.63, 3.8) is 0 Å². The van der Waals surface area contributed by atoms with Crippen LogP contribution in [0.3, 0.4) is 0 Å². The van der Waals surface area contributed by atoms with Gasteiger partial charge in [-0.25, -0.2) is 8.42 Å². The number of sulfonamides is 1. The normalized spacial score (nSPS) is 15.7. The van der Waals surface area contributed by atoms with E-state index in [-0.39, 0.29) is 34.8 Å². The fourth-order valence-corrected chi connectivity index (χ4v) is 6.49. The van der Waals surface area contributed by atoms with Crippen molar-refractivity contribution < 1.29 is 13.2 Å². The highest BCUT2D eigenvalue weighted by Crippen LogP contribution is 2.26. The summed E-state index contributed by atoms with van der Waals surface area (Å²) in [5, 5.41) is 0. The molecular formula is C24H27N3O4S2. The van der Waals surface area contributed by atoms with Crippen molar-refractivity contribution in [2.75, 3.05) is 26.2 Å². The van der Waals surface area contributed by atoms with Gasteiger partial charge in [0.25, 0.3) is 0 Å². The number of aromatic nitrogens is 1. The summed E-state index contributed by atoms with van der Waals surface area (Å²) in [6, 6.07) is 12.7. The lowest BCUT2D eigenvalue weighted by atomic mass is 10.1. The van der Waals surface area contributed by atoms with E-state index in [1.165, 1.54) is 10.4 Å². The zero-order valence-electron chi connectivity index (χ0n) is 18.9. The molecule has 1 saturated heterocycles. The van der Waals surface area contributed by atoms with E-state index in [0.717, 1.165) is 28.0 Å². The lowest BCUT2D eigenvalue weighted by Crippen LogP contribution is -2.50. The molecule has 1 aliphatic heterocycles. The van der Waals surface area contributed by atoms with Gasteiger partial charge in [0.2, 0.25) is 15.9 Å². The van der Waals surface area contributed by atoms with Crippen molar-refractivity contribution in [2.24, 2.45) is 0 Å². The molecule has 0 N–H and O–H groups in total. The van der Waals surface area contributed by atoms with Crippen LogP contribution in [0.4, 0.5) is 0 Å². The van der Waals surface area contributed by atoms with Gasteiger partial charge >= 0.3 is 4.87 Å². The smallest absolute Gasteiger partial charge is 0.308 e. The molecule has 0 atom stereocenters. The van der Waals surface area contributed by atoms with Crippen LogP contribution in [0.2, 0.25) is 0 Å². The first kappa shape index (κ1) is 23.4. The first-order valence-electron chi connectivity index (χ1n) is 10.9. The van der Waals surface area contributed by atoms with Gasteiger partial charge in [0, 0.05) is 38.3 Å². The van der Waals surface area contributed by atoms with E-state index in [0.29, 0.717) is 17.8 Å². The minimum Gasteiger partial charge on any atom is -0.337 e. The van der Waals surface area contributed by atoms with Crippen LogP contribution in [0.15, 0.2) is 58.2 Å². The fourth-order valence-electron chi connectivity index (χ4n) is 3.91. The molecule has 2 aromatic carbocycles. The maximum atomic E-state index is 13.2. The van der Waals surface area contributed by atoms with Gasteiger partial charge in [0.05, 0.1) is 15.1 Å². The summed E-state index contributed by atoms with van der Waals surface area (Å²) < 4.78 is 30.1. The molecule has 3 aromatic rings. The van der Waals surface area contributed by atoms with Crippen LogP contribution in [-0.4, -0.2) is 54.3 Å². The third-order valence-corrected chi connectivity index (χ3v) is 8.60. The molecule has 0 unspecified atom stereocenters. The van der Waals surface area contributed by atoms with Gasteiger partial charge in [-0.1, -0.05) is 41.2 Å². The van der Waals surface area contributed by atoms with E-state index in [4.69, 9.17) is 0 Å². The van der Waals surface area contributed by atoms with Gasteiger partial charge in [-0.05, 0) is 50.6 Å². The quantitative estimate of drug-likeness (QED) is 0.518. The molecule has 4 rings (SSSR count). The lowest BCUT2D eigenvalue weighted by molar-refractivity contribution is -0.127. The van der Waals surface area contributed by atoms with E-state index in [9.17, 15) is 18.0 Å². The summed E-state index contributed by atoms with van der Waals surface area (Å²) >= 11 is 1.06. The van der Waals surface area contributed by atoms with Gasteiger partial charge in [-0.3, -0.25) is 14.2 Å². The summed E-state index contributed by atoms with van der Waals surface area (Å²) in [6.07, 6.45) is 3.30. The summed E-state index contributed by atoms with van der Waals surface area (Å²) in [4.78, 5) is 26.6. The van der Waals surface area contributed by atoms with E-state index in [1.807, 2.05) is 45.0 Å². The van der Waals surface area contributed by atoms with Gasteiger partial charge in [0.1, 0.15) is 0 Å². The van der Waals surface area contributed by atoms with Crippen molar-refractivity contribution in [1.29, 1.82) is 0 Å². The number of nitrogens with zero attached hydrogens (tertiary/aromatic N) is 3. The highest BCUT2D eigenvalue weighted by molar-refractivity contribution is 7.89. The Morgan fingerprint density at radius 1 is 1.03 bits per heavy atom. The average molecular weight is 486 g/mol. The summed E-state index contributed by atoms with van der Waals surface area (Å²) in [7, 11) is -3.71. The number of piperazine rings is 1. The number of hydrogen-bond acceptors (Lipinski definition) is 5. The molecule has 33 heavy (non-hydrogen) atoms. The standard InChI is InChI=1S/C24H27N3O4S2/c1-17(2)27-21-10-9-20(16-22(21)32-24(27)29)33(30,31)26-14-12-25(13-15-26)23(28)11-8-19-6-4-18(3)5-7-19/h4-11,16-17H,12-15H2,1-3H3/b11-8+. The highest BCUT2D eigenvalue weighted by Gasteiger charge is 2.30. The zero-order chi connectivity index (χ0) is 23.8. The summed E-state index contributed by atoms with van der Waals surface area (Å²) in [5.74, 6) is -0.131. The first-order chi connectivity index (χ1) is 15.7. The minimum atomic E-state index is -3.71. The molecule has 2 heterocycles. The Bertz CT molecular complexity index is 1360. The number of hydrogen-bond donors (Lipinski definition) is 0. The third kappa shape index (κ3) is 4.80. The largest absolute Gasteiger partial charge is 0.337 e. The van der Waals surface area contributed by atoms with Gasteiger partial charge < -0.3 is 4.90 Å². The molecule has 0 spiro atoms. The van der Waals surface area contributed by atoms with Crippen molar-refractivity contribution in [3.8, 4) is 0 Å². The van der Waals surface area contributed by atoms with Crippen molar-refractivity contribution in [1.82, 2.24) is 13.8 Å². The topological polar surface area (TPSA) is 79.7 Å². The first-order valence-corrected chi connectivity index (χ1v) is 13.1. The third-order valence-electron chi connectivity index (χ3n) is 5.78. The molecule has 1 aromatic heterocycles. The maximum absolute atomic E-state index is 13.2.